The molecule has 0 spiro atoms. The molecule has 1 aromatic rings. The van der Waals surface area contributed by atoms with Crippen LogP contribution in [0.2, 0.25) is 0 Å². The zero-order valence-electron chi connectivity index (χ0n) is 9.80. The standard InChI is InChI=1S/C4H4N2.3H3O4P/c1-2-5-4-6-3-1;3*1-5(2,3)4/h1-4H;3*(H3,1,2,3,4). The highest BCUT2D eigenvalue weighted by Gasteiger charge is 2.01. The Morgan fingerprint density at radius 2 is 0.762 bits per heavy atom. The van der Waals surface area contributed by atoms with Crippen molar-refractivity contribution in [1.29, 1.82) is 0 Å². The molecule has 17 heteroatoms. The van der Waals surface area contributed by atoms with Gasteiger partial charge in [-0.05, 0) is 6.07 Å². The molecular weight excluding hydrogens is 361 g/mol. The average molecular weight is 374 g/mol. The molecule has 0 aliphatic heterocycles. The summed E-state index contributed by atoms with van der Waals surface area (Å²) in [5, 5.41) is 0. The van der Waals surface area contributed by atoms with E-state index >= 15 is 0 Å². The van der Waals surface area contributed by atoms with Crippen LogP contribution >= 0.6 is 23.5 Å². The molecule has 0 bridgehead atoms. The summed E-state index contributed by atoms with van der Waals surface area (Å²) in [4.78, 5) is 72.0. The van der Waals surface area contributed by atoms with E-state index < -0.39 is 23.5 Å². The smallest absolute Gasteiger partial charge is 0.303 e. The van der Waals surface area contributed by atoms with Crippen LogP contribution < -0.4 is 0 Å². The van der Waals surface area contributed by atoms with Gasteiger partial charge < -0.3 is 44.0 Å². The zero-order valence-corrected chi connectivity index (χ0v) is 12.5. The lowest BCUT2D eigenvalue weighted by atomic mass is 10.7. The first-order valence-corrected chi connectivity index (χ1v) is 8.74. The molecule has 0 unspecified atom stereocenters. The van der Waals surface area contributed by atoms with Crippen molar-refractivity contribution in [2.24, 2.45) is 0 Å². The second-order valence-electron chi connectivity index (χ2n) is 2.44. The maximum Gasteiger partial charge on any atom is 0.466 e. The van der Waals surface area contributed by atoms with Crippen LogP contribution in [0.5, 0.6) is 0 Å². The van der Waals surface area contributed by atoms with Crippen LogP contribution in [0, 0.1) is 0 Å². The third-order valence-corrected chi connectivity index (χ3v) is 0.478. The van der Waals surface area contributed by atoms with E-state index in [1.165, 1.54) is 6.33 Å². The summed E-state index contributed by atoms with van der Waals surface area (Å²) >= 11 is 0. The topological polar surface area (TPSA) is 259 Å². The van der Waals surface area contributed by atoms with E-state index in [-0.39, 0.29) is 0 Å². The molecule has 9 N–H and O–H groups in total. The lowest BCUT2D eigenvalue weighted by Gasteiger charge is -1.82. The van der Waals surface area contributed by atoms with Gasteiger partial charge in [-0.1, -0.05) is 0 Å². The number of hydrogen-bond donors (Lipinski definition) is 9. The molecule has 0 aliphatic rings. The second kappa shape index (κ2) is 12.0. The van der Waals surface area contributed by atoms with Crippen molar-refractivity contribution in [3.05, 3.63) is 24.8 Å². The minimum Gasteiger partial charge on any atom is -0.303 e. The minimum absolute atomic E-state index is 1.50. The van der Waals surface area contributed by atoms with Gasteiger partial charge in [0, 0.05) is 12.4 Å². The Hall–Kier alpha value is -0.590. The van der Waals surface area contributed by atoms with Crippen molar-refractivity contribution in [3.63, 3.8) is 0 Å². The van der Waals surface area contributed by atoms with Crippen molar-refractivity contribution in [2.75, 3.05) is 0 Å². The molecule has 14 nitrogen and oxygen atoms in total. The fourth-order valence-electron chi connectivity index (χ4n) is 0.253. The summed E-state index contributed by atoms with van der Waals surface area (Å²) in [6, 6.07) is 1.78. The van der Waals surface area contributed by atoms with Gasteiger partial charge in [0.25, 0.3) is 0 Å². The monoisotopic (exact) mass is 374 g/mol. The van der Waals surface area contributed by atoms with E-state index in [9.17, 15) is 0 Å². The number of nitrogens with zero attached hydrogens (tertiary/aromatic N) is 2. The Morgan fingerprint density at radius 1 is 0.571 bits per heavy atom. The number of aromatic nitrogens is 2. The summed E-state index contributed by atoms with van der Waals surface area (Å²) in [6.07, 6.45) is 4.88. The normalized spacial score (nSPS) is 10.7. The Morgan fingerprint density at radius 3 is 0.810 bits per heavy atom. The molecule has 1 heterocycles. The summed E-state index contributed by atoms with van der Waals surface area (Å²) in [6.45, 7) is 0. The van der Waals surface area contributed by atoms with Gasteiger partial charge in [0.1, 0.15) is 6.33 Å². The van der Waals surface area contributed by atoms with Crippen molar-refractivity contribution >= 4 is 23.5 Å². The third kappa shape index (κ3) is 201. The van der Waals surface area contributed by atoms with Crippen LogP contribution in [-0.4, -0.2) is 54.0 Å². The van der Waals surface area contributed by atoms with Crippen molar-refractivity contribution in [2.45, 2.75) is 0 Å². The Balaban J connectivity index is -0.000000207. The first-order valence-electron chi connectivity index (χ1n) is 4.05. The van der Waals surface area contributed by atoms with Crippen LogP contribution in [0.25, 0.3) is 0 Å². The lowest BCUT2D eigenvalue weighted by molar-refractivity contribution is 0.272. The molecule has 1 rings (SSSR count). The highest BCUT2D eigenvalue weighted by molar-refractivity contribution is 7.45. The Labute approximate surface area is 117 Å². The van der Waals surface area contributed by atoms with Crippen LogP contribution in [-0.2, 0) is 13.7 Å². The lowest BCUT2D eigenvalue weighted by Crippen LogP contribution is -1.66. The molecule has 21 heavy (non-hydrogen) atoms. The Kier molecular flexibility index (Phi) is 14.5. The Bertz CT molecular complexity index is 377. The fraction of sp³-hybridized carbons (Fsp3) is 0. The highest BCUT2D eigenvalue weighted by atomic mass is 31.2. The summed E-state index contributed by atoms with van der Waals surface area (Å²) in [5.74, 6) is 0. The van der Waals surface area contributed by atoms with Crippen LogP contribution in [0.1, 0.15) is 0 Å². The molecule has 126 valence electrons. The van der Waals surface area contributed by atoms with Crippen LogP contribution in [0.4, 0.5) is 0 Å². The number of hydrogen-bond acceptors (Lipinski definition) is 5. The quantitative estimate of drug-likeness (QED) is 0.216. The molecule has 0 amide bonds. The van der Waals surface area contributed by atoms with Gasteiger partial charge in [0.2, 0.25) is 0 Å². The summed E-state index contributed by atoms with van der Waals surface area (Å²) < 4.78 is 26.6. The molecule has 0 fully saturated rings. The van der Waals surface area contributed by atoms with Gasteiger partial charge >= 0.3 is 23.5 Å². The first kappa shape index (κ1) is 25.4. The average Bonchev–Trinajstić information content (AvgIpc) is 2.12. The van der Waals surface area contributed by atoms with E-state index in [4.69, 9.17) is 57.7 Å². The maximum absolute atomic E-state index is 8.88. The molecule has 0 saturated heterocycles. The predicted molar refractivity (Wildman–Crippen MR) is 64.8 cm³/mol. The van der Waals surface area contributed by atoms with Crippen molar-refractivity contribution in [1.82, 2.24) is 9.97 Å². The second-order valence-corrected chi connectivity index (χ2v) is 5.52. The molecular formula is C4H13N2O12P3. The molecule has 0 radical (unpaired) electrons. The molecule has 0 atom stereocenters. The largest absolute Gasteiger partial charge is 0.466 e. The van der Waals surface area contributed by atoms with Crippen molar-refractivity contribution < 1.29 is 57.7 Å². The SMILES string of the molecule is O=P(O)(O)O.O=P(O)(O)O.O=P(O)(O)O.c1cncnc1. The van der Waals surface area contributed by atoms with Crippen LogP contribution in [0.15, 0.2) is 24.8 Å². The zero-order chi connectivity index (χ0) is 17.7. The van der Waals surface area contributed by atoms with Gasteiger partial charge in [-0.2, -0.15) is 0 Å². The number of rotatable bonds is 0. The van der Waals surface area contributed by atoms with E-state index in [0.717, 1.165) is 0 Å². The number of phosphoric acid groups is 3. The van der Waals surface area contributed by atoms with Gasteiger partial charge in [0.05, 0.1) is 0 Å². The van der Waals surface area contributed by atoms with Gasteiger partial charge in [-0.3, -0.25) is 0 Å². The van der Waals surface area contributed by atoms with Gasteiger partial charge in [-0.15, -0.1) is 0 Å². The van der Waals surface area contributed by atoms with E-state index in [0.29, 0.717) is 0 Å². The highest BCUT2D eigenvalue weighted by Crippen LogP contribution is 2.26. The van der Waals surface area contributed by atoms with Gasteiger partial charge in [0.15, 0.2) is 0 Å². The maximum atomic E-state index is 8.88. The fourth-order valence-corrected chi connectivity index (χ4v) is 0.253. The van der Waals surface area contributed by atoms with Gasteiger partial charge in [-0.25, -0.2) is 23.7 Å². The van der Waals surface area contributed by atoms with Crippen molar-refractivity contribution in [3.8, 4) is 0 Å². The minimum atomic E-state index is -4.64. The van der Waals surface area contributed by atoms with E-state index in [1.807, 2.05) is 0 Å². The molecule has 1 aromatic heterocycles. The molecule has 0 aliphatic carbocycles. The summed E-state index contributed by atoms with van der Waals surface area (Å²) in [7, 11) is -13.9. The van der Waals surface area contributed by atoms with E-state index in [2.05, 4.69) is 9.97 Å². The predicted octanol–water partition coefficient (Wildman–Crippen LogP) is -2.31. The van der Waals surface area contributed by atoms with Crippen LogP contribution in [0.3, 0.4) is 0 Å². The van der Waals surface area contributed by atoms with E-state index in [1.54, 1.807) is 18.5 Å². The summed E-state index contributed by atoms with van der Waals surface area (Å²) in [5.41, 5.74) is 0. The first-order chi connectivity index (χ1) is 9.00. The molecule has 0 saturated carbocycles. The molecule has 0 aromatic carbocycles. The third-order valence-electron chi connectivity index (χ3n) is 0.478.